The van der Waals surface area contributed by atoms with Crippen molar-refractivity contribution in [1.29, 1.82) is 0 Å². The van der Waals surface area contributed by atoms with Crippen molar-refractivity contribution >= 4 is 0 Å². The third-order valence-electron chi connectivity index (χ3n) is 4.90. The van der Waals surface area contributed by atoms with Gasteiger partial charge in [0, 0.05) is 31.2 Å². The van der Waals surface area contributed by atoms with Crippen LogP contribution in [0.5, 0.6) is 0 Å². The number of likely N-dealkylation sites (tertiary alicyclic amines) is 1. The van der Waals surface area contributed by atoms with Gasteiger partial charge < -0.3 is 10.6 Å². The third kappa shape index (κ3) is 3.69. The quantitative estimate of drug-likeness (QED) is 0.758. The Balaban J connectivity index is 2.60. The van der Waals surface area contributed by atoms with Crippen molar-refractivity contribution in [2.24, 2.45) is 5.73 Å². The molecule has 0 spiro atoms. The fourth-order valence-corrected chi connectivity index (χ4v) is 3.30. The largest absolute Gasteiger partial charge is 0.329 e. The van der Waals surface area contributed by atoms with Crippen LogP contribution in [-0.4, -0.2) is 55.1 Å². The number of nitrogens with two attached hydrogens (primary N) is 1. The van der Waals surface area contributed by atoms with E-state index in [9.17, 15) is 0 Å². The van der Waals surface area contributed by atoms with Crippen molar-refractivity contribution in [3.8, 4) is 0 Å². The molecule has 1 rings (SSSR count). The highest BCUT2D eigenvalue weighted by atomic mass is 15.2. The minimum Gasteiger partial charge on any atom is -0.329 e. The lowest BCUT2D eigenvalue weighted by Gasteiger charge is -2.47. The molecule has 1 saturated heterocycles. The summed E-state index contributed by atoms with van der Waals surface area (Å²) in [6.45, 7) is 7.83. The fraction of sp³-hybridized carbons (Fsp3) is 1.00. The van der Waals surface area contributed by atoms with Gasteiger partial charge in [-0.3, -0.25) is 4.90 Å². The van der Waals surface area contributed by atoms with Crippen molar-refractivity contribution in [1.82, 2.24) is 9.80 Å². The summed E-state index contributed by atoms with van der Waals surface area (Å²) in [6.07, 6.45) is 7.62. The Kier molecular flexibility index (Phi) is 6.61. The van der Waals surface area contributed by atoms with Crippen LogP contribution in [0.2, 0.25) is 0 Å². The Hall–Kier alpha value is -0.120. The molecule has 1 heterocycles. The van der Waals surface area contributed by atoms with Crippen LogP contribution >= 0.6 is 0 Å². The molecule has 0 aromatic carbocycles. The van der Waals surface area contributed by atoms with Crippen LogP contribution in [-0.2, 0) is 0 Å². The molecule has 0 radical (unpaired) electrons. The molecule has 0 aromatic heterocycles. The van der Waals surface area contributed by atoms with E-state index in [1.165, 1.54) is 51.6 Å². The zero-order chi connectivity index (χ0) is 13.6. The van der Waals surface area contributed by atoms with E-state index >= 15 is 0 Å². The standard InChI is InChI=1S/C15H33N3/c1-5-7-10-15(6-2,13-16)18-11-8-14(9-12-18)17(3)4/h14H,5-13,16H2,1-4H3. The summed E-state index contributed by atoms with van der Waals surface area (Å²) >= 11 is 0. The number of nitrogens with zero attached hydrogens (tertiary/aromatic N) is 2. The topological polar surface area (TPSA) is 32.5 Å². The van der Waals surface area contributed by atoms with Gasteiger partial charge in [-0.2, -0.15) is 0 Å². The highest BCUT2D eigenvalue weighted by molar-refractivity contribution is 4.93. The summed E-state index contributed by atoms with van der Waals surface area (Å²) in [7, 11) is 4.40. The molecule has 0 aromatic rings. The van der Waals surface area contributed by atoms with Crippen molar-refractivity contribution in [3.05, 3.63) is 0 Å². The lowest BCUT2D eigenvalue weighted by molar-refractivity contribution is 0.0347. The smallest absolute Gasteiger partial charge is 0.0329 e. The zero-order valence-corrected chi connectivity index (χ0v) is 12.9. The molecular formula is C15H33N3. The van der Waals surface area contributed by atoms with Gasteiger partial charge in [-0.1, -0.05) is 26.7 Å². The summed E-state index contributed by atoms with van der Waals surface area (Å²) in [4.78, 5) is 5.06. The van der Waals surface area contributed by atoms with Crippen LogP contribution in [0.4, 0.5) is 0 Å². The minimum absolute atomic E-state index is 0.271. The SMILES string of the molecule is CCCCC(CC)(CN)N1CCC(N(C)C)CC1. The van der Waals surface area contributed by atoms with Gasteiger partial charge in [0.25, 0.3) is 0 Å². The van der Waals surface area contributed by atoms with E-state index in [0.29, 0.717) is 0 Å². The Morgan fingerprint density at radius 3 is 2.22 bits per heavy atom. The predicted octanol–water partition coefficient (Wildman–Crippen LogP) is 2.31. The van der Waals surface area contributed by atoms with Crippen molar-refractivity contribution < 1.29 is 0 Å². The highest BCUT2D eigenvalue weighted by Crippen LogP contribution is 2.29. The van der Waals surface area contributed by atoms with Crippen LogP contribution in [0.25, 0.3) is 0 Å². The van der Waals surface area contributed by atoms with Crippen molar-refractivity contribution in [3.63, 3.8) is 0 Å². The molecule has 3 nitrogen and oxygen atoms in total. The second-order valence-electron chi connectivity index (χ2n) is 6.07. The molecule has 1 aliphatic heterocycles. The lowest BCUT2D eigenvalue weighted by Crippen LogP contribution is -2.57. The molecule has 0 saturated carbocycles. The Bertz CT molecular complexity index is 216. The van der Waals surface area contributed by atoms with Gasteiger partial charge in [0.05, 0.1) is 0 Å². The van der Waals surface area contributed by atoms with Gasteiger partial charge in [-0.15, -0.1) is 0 Å². The molecular weight excluding hydrogens is 222 g/mol. The second kappa shape index (κ2) is 7.46. The normalized spacial score (nSPS) is 22.3. The third-order valence-corrected chi connectivity index (χ3v) is 4.90. The molecule has 0 aliphatic carbocycles. The van der Waals surface area contributed by atoms with Crippen LogP contribution < -0.4 is 5.73 Å². The monoisotopic (exact) mass is 255 g/mol. The Morgan fingerprint density at radius 1 is 1.22 bits per heavy atom. The number of unbranched alkanes of at least 4 members (excludes halogenated alkanes) is 1. The van der Waals surface area contributed by atoms with Gasteiger partial charge >= 0.3 is 0 Å². The van der Waals surface area contributed by atoms with E-state index in [-0.39, 0.29) is 5.54 Å². The van der Waals surface area contributed by atoms with E-state index in [4.69, 9.17) is 5.73 Å². The summed E-state index contributed by atoms with van der Waals surface area (Å²) in [5, 5.41) is 0. The molecule has 1 unspecified atom stereocenters. The van der Waals surface area contributed by atoms with Gasteiger partial charge in [0.15, 0.2) is 0 Å². The molecule has 18 heavy (non-hydrogen) atoms. The van der Waals surface area contributed by atoms with Crippen LogP contribution in [0.3, 0.4) is 0 Å². The molecule has 0 bridgehead atoms. The first-order valence-electron chi connectivity index (χ1n) is 7.71. The molecule has 1 aliphatic rings. The minimum atomic E-state index is 0.271. The molecule has 108 valence electrons. The lowest BCUT2D eigenvalue weighted by atomic mass is 9.85. The first-order valence-corrected chi connectivity index (χ1v) is 7.71. The number of hydrogen-bond donors (Lipinski definition) is 1. The van der Waals surface area contributed by atoms with E-state index in [1.807, 2.05) is 0 Å². The highest BCUT2D eigenvalue weighted by Gasteiger charge is 2.35. The fourth-order valence-electron chi connectivity index (χ4n) is 3.30. The van der Waals surface area contributed by atoms with E-state index in [1.54, 1.807) is 0 Å². The van der Waals surface area contributed by atoms with E-state index in [2.05, 4.69) is 37.7 Å². The zero-order valence-electron chi connectivity index (χ0n) is 12.9. The molecule has 1 fully saturated rings. The molecule has 2 N–H and O–H groups in total. The van der Waals surface area contributed by atoms with Gasteiger partial charge in [-0.25, -0.2) is 0 Å². The average Bonchev–Trinajstić information content (AvgIpc) is 2.41. The van der Waals surface area contributed by atoms with Crippen LogP contribution in [0, 0.1) is 0 Å². The number of hydrogen-bond acceptors (Lipinski definition) is 3. The van der Waals surface area contributed by atoms with Gasteiger partial charge in [-0.05, 0) is 39.8 Å². The summed E-state index contributed by atoms with van der Waals surface area (Å²) in [5.74, 6) is 0. The Morgan fingerprint density at radius 2 is 1.83 bits per heavy atom. The number of rotatable bonds is 7. The first-order chi connectivity index (χ1) is 8.59. The van der Waals surface area contributed by atoms with E-state index < -0.39 is 0 Å². The van der Waals surface area contributed by atoms with Gasteiger partial charge in [0.1, 0.15) is 0 Å². The maximum atomic E-state index is 6.13. The predicted molar refractivity (Wildman–Crippen MR) is 79.9 cm³/mol. The number of piperidine rings is 1. The molecule has 3 heteroatoms. The maximum Gasteiger partial charge on any atom is 0.0329 e. The molecule has 1 atom stereocenters. The first kappa shape index (κ1) is 15.9. The van der Waals surface area contributed by atoms with Crippen molar-refractivity contribution in [2.75, 3.05) is 33.7 Å². The summed E-state index contributed by atoms with van der Waals surface area (Å²) < 4.78 is 0. The van der Waals surface area contributed by atoms with Crippen LogP contribution in [0.1, 0.15) is 52.4 Å². The Labute approximate surface area is 114 Å². The summed E-state index contributed by atoms with van der Waals surface area (Å²) in [5.41, 5.74) is 6.40. The van der Waals surface area contributed by atoms with Crippen molar-refractivity contribution in [2.45, 2.75) is 64.0 Å². The second-order valence-corrected chi connectivity index (χ2v) is 6.07. The van der Waals surface area contributed by atoms with E-state index in [0.717, 1.165) is 12.6 Å². The van der Waals surface area contributed by atoms with Gasteiger partial charge in [0.2, 0.25) is 0 Å². The molecule has 0 amide bonds. The maximum absolute atomic E-state index is 6.13. The average molecular weight is 255 g/mol. The van der Waals surface area contributed by atoms with Crippen LogP contribution in [0.15, 0.2) is 0 Å². The summed E-state index contributed by atoms with van der Waals surface area (Å²) in [6, 6.07) is 0.764.